The van der Waals surface area contributed by atoms with Crippen LogP contribution in [0.25, 0.3) is 0 Å². The maximum Gasteiger partial charge on any atom is 0.318 e. The predicted octanol–water partition coefficient (Wildman–Crippen LogP) is 0.458. The molecular weight excluding hydrogens is 267 g/mol. The van der Waals surface area contributed by atoms with Crippen molar-refractivity contribution in [3.8, 4) is 0 Å². The summed E-state index contributed by atoms with van der Waals surface area (Å²) in [6.07, 6.45) is 0. The first-order chi connectivity index (χ1) is 8.19. The molecule has 8 heteroatoms. The molecular formula is C9H16Cl2N4O2. The fourth-order valence-corrected chi connectivity index (χ4v) is 1.64. The molecule has 1 saturated heterocycles. The van der Waals surface area contributed by atoms with Gasteiger partial charge in [-0.1, -0.05) is 0 Å². The number of alkyl halides is 2. The summed E-state index contributed by atoms with van der Waals surface area (Å²) >= 11 is 10.9. The second-order valence-electron chi connectivity index (χ2n) is 3.51. The number of urea groups is 2. The summed E-state index contributed by atoms with van der Waals surface area (Å²) in [5, 5.41) is 5.30. The van der Waals surface area contributed by atoms with Gasteiger partial charge in [-0.05, 0) is 0 Å². The van der Waals surface area contributed by atoms with Gasteiger partial charge in [0.05, 0.1) is 6.67 Å². The van der Waals surface area contributed by atoms with Crippen LogP contribution in [0.5, 0.6) is 0 Å². The van der Waals surface area contributed by atoms with E-state index in [0.29, 0.717) is 44.6 Å². The second kappa shape index (κ2) is 7.45. The number of nitrogens with one attached hydrogen (secondary N) is 2. The highest BCUT2D eigenvalue weighted by molar-refractivity contribution is 6.18. The zero-order valence-corrected chi connectivity index (χ0v) is 10.9. The predicted molar refractivity (Wildman–Crippen MR) is 66.5 cm³/mol. The monoisotopic (exact) mass is 282 g/mol. The maximum absolute atomic E-state index is 11.6. The minimum absolute atomic E-state index is 0.196. The number of rotatable bonds is 4. The number of hydrogen-bond acceptors (Lipinski definition) is 2. The van der Waals surface area contributed by atoms with E-state index in [9.17, 15) is 9.59 Å². The fraction of sp³-hybridized carbons (Fsp3) is 0.778. The van der Waals surface area contributed by atoms with Gasteiger partial charge in [-0.25, -0.2) is 9.59 Å². The Balaban J connectivity index is 2.31. The van der Waals surface area contributed by atoms with E-state index in [1.165, 1.54) is 0 Å². The van der Waals surface area contributed by atoms with Crippen molar-refractivity contribution >= 4 is 35.3 Å². The molecule has 17 heavy (non-hydrogen) atoms. The van der Waals surface area contributed by atoms with Crippen molar-refractivity contribution in [1.29, 1.82) is 0 Å². The Morgan fingerprint density at radius 2 is 1.35 bits per heavy atom. The van der Waals surface area contributed by atoms with E-state index in [1.807, 2.05) is 0 Å². The summed E-state index contributed by atoms with van der Waals surface area (Å²) in [6, 6.07) is -0.392. The van der Waals surface area contributed by atoms with Crippen molar-refractivity contribution in [2.75, 3.05) is 44.6 Å². The van der Waals surface area contributed by atoms with E-state index in [2.05, 4.69) is 10.6 Å². The van der Waals surface area contributed by atoms with Crippen LogP contribution in [0.4, 0.5) is 9.59 Å². The Morgan fingerprint density at radius 3 is 1.71 bits per heavy atom. The summed E-state index contributed by atoms with van der Waals surface area (Å²) in [5.74, 6) is 0.749. The zero-order valence-electron chi connectivity index (χ0n) is 9.42. The third-order valence-corrected chi connectivity index (χ3v) is 2.68. The van der Waals surface area contributed by atoms with Gasteiger partial charge >= 0.3 is 12.1 Å². The maximum atomic E-state index is 11.6. The molecule has 1 fully saturated rings. The van der Waals surface area contributed by atoms with Gasteiger partial charge in [0.2, 0.25) is 0 Å². The van der Waals surface area contributed by atoms with Crippen molar-refractivity contribution in [1.82, 2.24) is 20.4 Å². The normalized spacial score (nSPS) is 14.9. The van der Waals surface area contributed by atoms with Crippen LogP contribution in [-0.4, -0.2) is 66.5 Å². The van der Waals surface area contributed by atoms with E-state index in [4.69, 9.17) is 23.2 Å². The van der Waals surface area contributed by atoms with Gasteiger partial charge in [-0.2, -0.15) is 0 Å². The van der Waals surface area contributed by atoms with Gasteiger partial charge in [-0.15, -0.1) is 23.2 Å². The molecule has 0 aromatic rings. The lowest BCUT2D eigenvalue weighted by atomic mass is 10.6. The largest absolute Gasteiger partial charge is 0.337 e. The minimum atomic E-state index is -0.196. The standard InChI is InChI=1S/C9H16Cl2N4O2/c10-1-3-12-8(16)14-5-6-15(7-14)9(17)13-4-2-11/h1-7H2,(H,12,16)(H,13,17). The summed E-state index contributed by atoms with van der Waals surface area (Å²) in [7, 11) is 0. The average molecular weight is 283 g/mol. The van der Waals surface area contributed by atoms with Gasteiger partial charge in [0.25, 0.3) is 0 Å². The van der Waals surface area contributed by atoms with Crippen LogP contribution in [0, 0.1) is 0 Å². The van der Waals surface area contributed by atoms with Crippen LogP contribution in [0.1, 0.15) is 0 Å². The molecule has 6 nitrogen and oxygen atoms in total. The van der Waals surface area contributed by atoms with Gasteiger partial charge in [0.15, 0.2) is 0 Å². The number of halogens is 2. The molecule has 0 unspecified atom stereocenters. The number of hydrogen-bond donors (Lipinski definition) is 2. The number of carbonyl (C=O) groups is 2. The smallest absolute Gasteiger partial charge is 0.318 e. The molecule has 2 N–H and O–H groups in total. The average Bonchev–Trinajstić information content (AvgIpc) is 2.82. The van der Waals surface area contributed by atoms with Crippen molar-refractivity contribution < 1.29 is 9.59 Å². The first-order valence-electron chi connectivity index (χ1n) is 5.36. The molecule has 0 saturated carbocycles. The third-order valence-electron chi connectivity index (χ3n) is 2.30. The van der Waals surface area contributed by atoms with Gasteiger partial charge < -0.3 is 20.4 Å². The highest BCUT2D eigenvalue weighted by Gasteiger charge is 2.26. The Kier molecular flexibility index (Phi) is 6.21. The molecule has 1 heterocycles. The Hall–Kier alpha value is -0.880. The highest BCUT2D eigenvalue weighted by Crippen LogP contribution is 2.05. The molecule has 0 bridgehead atoms. The fourth-order valence-electron chi connectivity index (χ4n) is 1.45. The summed E-state index contributed by atoms with van der Waals surface area (Å²) in [6.45, 7) is 2.21. The SMILES string of the molecule is O=C(NCCCl)N1CCN(C(=O)NCCCl)C1. The molecule has 1 aliphatic rings. The molecule has 98 valence electrons. The topological polar surface area (TPSA) is 64.7 Å². The quantitative estimate of drug-likeness (QED) is 0.736. The molecule has 1 aliphatic heterocycles. The van der Waals surface area contributed by atoms with Crippen LogP contribution >= 0.6 is 23.2 Å². The van der Waals surface area contributed by atoms with Crippen molar-refractivity contribution in [3.05, 3.63) is 0 Å². The molecule has 0 aromatic heterocycles. The lowest BCUT2D eigenvalue weighted by molar-refractivity contribution is 0.188. The third kappa shape index (κ3) is 4.47. The number of amides is 4. The van der Waals surface area contributed by atoms with E-state index in [-0.39, 0.29) is 12.1 Å². The van der Waals surface area contributed by atoms with Crippen LogP contribution in [0.15, 0.2) is 0 Å². The summed E-state index contributed by atoms with van der Waals surface area (Å²) in [4.78, 5) is 26.3. The Bertz CT molecular complexity index is 252. The van der Waals surface area contributed by atoms with Crippen molar-refractivity contribution in [3.63, 3.8) is 0 Å². The van der Waals surface area contributed by atoms with Crippen LogP contribution in [0.2, 0.25) is 0 Å². The van der Waals surface area contributed by atoms with Gasteiger partial charge in [0, 0.05) is 37.9 Å². The number of nitrogens with zero attached hydrogens (tertiary/aromatic N) is 2. The molecule has 0 spiro atoms. The summed E-state index contributed by atoms with van der Waals surface area (Å²) < 4.78 is 0. The summed E-state index contributed by atoms with van der Waals surface area (Å²) in [5.41, 5.74) is 0. The van der Waals surface area contributed by atoms with Crippen molar-refractivity contribution in [2.24, 2.45) is 0 Å². The second-order valence-corrected chi connectivity index (χ2v) is 4.27. The first-order valence-corrected chi connectivity index (χ1v) is 6.43. The van der Waals surface area contributed by atoms with E-state index in [1.54, 1.807) is 9.80 Å². The lowest BCUT2D eigenvalue weighted by Crippen LogP contribution is -2.43. The van der Waals surface area contributed by atoms with E-state index >= 15 is 0 Å². The van der Waals surface area contributed by atoms with E-state index < -0.39 is 0 Å². The Labute approximate surface area is 110 Å². The van der Waals surface area contributed by atoms with Gasteiger partial charge in [-0.3, -0.25) is 0 Å². The van der Waals surface area contributed by atoms with Crippen LogP contribution < -0.4 is 10.6 Å². The van der Waals surface area contributed by atoms with E-state index in [0.717, 1.165) is 0 Å². The molecule has 0 radical (unpaired) electrons. The molecule has 0 atom stereocenters. The highest BCUT2D eigenvalue weighted by atomic mass is 35.5. The zero-order chi connectivity index (χ0) is 12.7. The molecule has 0 aliphatic carbocycles. The van der Waals surface area contributed by atoms with Gasteiger partial charge in [0.1, 0.15) is 0 Å². The van der Waals surface area contributed by atoms with Crippen molar-refractivity contribution in [2.45, 2.75) is 0 Å². The minimum Gasteiger partial charge on any atom is -0.337 e. The molecule has 4 amide bonds. The first kappa shape index (κ1) is 14.2. The molecule has 0 aromatic carbocycles. The Morgan fingerprint density at radius 1 is 0.941 bits per heavy atom. The van der Waals surface area contributed by atoms with Crippen LogP contribution in [-0.2, 0) is 0 Å². The molecule has 1 rings (SSSR count). The van der Waals surface area contributed by atoms with Crippen LogP contribution in [0.3, 0.4) is 0 Å². The lowest BCUT2D eigenvalue weighted by Gasteiger charge is -2.18. The number of carbonyl (C=O) groups excluding carboxylic acids is 2.